The maximum atomic E-state index is 13.0. The van der Waals surface area contributed by atoms with Crippen molar-refractivity contribution in [2.24, 2.45) is 0 Å². The van der Waals surface area contributed by atoms with Gasteiger partial charge in [-0.3, -0.25) is 14.4 Å². The first-order chi connectivity index (χ1) is 12.9. The van der Waals surface area contributed by atoms with E-state index in [1.54, 1.807) is 12.1 Å². The Kier molecular flexibility index (Phi) is 6.81. The number of amides is 2. The maximum absolute atomic E-state index is 13.0. The van der Waals surface area contributed by atoms with Gasteiger partial charge < -0.3 is 20.1 Å². The lowest BCUT2D eigenvalue weighted by Gasteiger charge is -2.08. The first-order valence-electron chi connectivity index (χ1n) is 7.72. The number of carbonyl (C=O) groups excluding carboxylic acids is 3. The molecule has 0 fully saturated rings. The minimum absolute atomic E-state index is 0.0164. The standard InChI is InChI=1S/C18H16F2N2O5/c1-26-13-5-2-11(3-6-13)18(25)21-9-17(24)27-10-16(23)22-12-4-7-14(19)15(20)8-12/h2-8H,9-10H2,1H3,(H,21,25)(H,22,23). The van der Waals surface area contributed by atoms with Crippen molar-refractivity contribution in [1.29, 1.82) is 0 Å². The lowest BCUT2D eigenvalue weighted by molar-refractivity contribution is -0.146. The smallest absolute Gasteiger partial charge is 0.325 e. The topological polar surface area (TPSA) is 93.7 Å². The van der Waals surface area contributed by atoms with E-state index >= 15 is 0 Å². The van der Waals surface area contributed by atoms with Crippen molar-refractivity contribution in [3.8, 4) is 5.75 Å². The third-order valence-electron chi connectivity index (χ3n) is 3.31. The van der Waals surface area contributed by atoms with Crippen LogP contribution in [-0.2, 0) is 14.3 Å². The average Bonchev–Trinajstić information content (AvgIpc) is 2.67. The van der Waals surface area contributed by atoms with Crippen LogP contribution < -0.4 is 15.4 Å². The molecule has 9 heteroatoms. The summed E-state index contributed by atoms with van der Waals surface area (Å²) in [5, 5.41) is 4.59. The van der Waals surface area contributed by atoms with Gasteiger partial charge in [-0.2, -0.15) is 0 Å². The molecular formula is C18H16F2N2O5. The number of esters is 1. The number of anilines is 1. The molecule has 2 aromatic rings. The number of benzene rings is 2. The SMILES string of the molecule is COc1ccc(C(=O)NCC(=O)OCC(=O)Nc2ccc(F)c(F)c2)cc1. The fourth-order valence-electron chi connectivity index (χ4n) is 1.96. The Hall–Kier alpha value is -3.49. The van der Waals surface area contributed by atoms with Crippen LogP contribution in [0.1, 0.15) is 10.4 Å². The van der Waals surface area contributed by atoms with E-state index in [2.05, 4.69) is 10.6 Å². The highest BCUT2D eigenvalue weighted by Crippen LogP contribution is 2.13. The van der Waals surface area contributed by atoms with Crippen molar-refractivity contribution in [3.05, 3.63) is 59.7 Å². The summed E-state index contributed by atoms with van der Waals surface area (Å²) in [5.74, 6) is -3.66. The van der Waals surface area contributed by atoms with Gasteiger partial charge in [0.1, 0.15) is 12.3 Å². The summed E-state index contributed by atoms with van der Waals surface area (Å²) in [6.45, 7) is -1.08. The number of rotatable bonds is 7. The molecule has 2 rings (SSSR count). The lowest BCUT2D eigenvalue weighted by Crippen LogP contribution is -2.32. The highest BCUT2D eigenvalue weighted by atomic mass is 19.2. The average molecular weight is 378 g/mol. The third kappa shape index (κ3) is 6.07. The molecule has 0 aliphatic rings. The molecule has 2 amide bonds. The molecule has 0 aliphatic heterocycles. The number of carbonyl (C=O) groups is 3. The summed E-state index contributed by atoms with van der Waals surface area (Å²) >= 11 is 0. The Labute approximate surface area is 153 Å². The Balaban J connectivity index is 1.74. The van der Waals surface area contributed by atoms with E-state index in [-0.39, 0.29) is 5.69 Å². The molecule has 0 saturated heterocycles. The molecule has 2 N–H and O–H groups in total. The zero-order chi connectivity index (χ0) is 19.8. The molecule has 0 radical (unpaired) electrons. The van der Waals surface area contributed by atoms with Crippen molar-refractivity contribution in [3.63, 3.8) is 0 Å². The van der Waals surface area contributed by atoms with Crippen LogP contribution in [-0.4, -0.2) is 38.0 Å². The Morgan fingerprint density at radius 1 is 1.00 bits per heavy atom. The van der Waals surface area contributed by atoms with Gasteiger partial charge in [0.05, 0.1) is 7.11 Å². The first kappa shape index (κ1) is 19.8. The van der Waals surface area contributed by atoms with E-state index < -0.39 is 42.6 Å². The molecule has 27 heavy (non-hydrogen) atoms. The van der Waals surface area contributed by atoms with E-state index in [9.17, 15) is 23.2 Å². The predicted octanol–water partition coefficient (Wildman–Crippen LogP) is 1.89. The molecule has 142 valence electrons. The number of nitrogens with one attached hydrogen (secondary N) is 2. The summed E-state index contributed by atoms with van der Waals surface area (Å²) in [6, 6.07) is 9.04. The van der Waals surface area contributed by atoms with E-state index in [1.807, 2.05) is 0 Å². The van der Waals surface area contributed by atoms with Crippen molar-refractivity contribution in [1.82, 2.24) is 5.32 Å². The minimum Gasteiger partial charge on any atom is -0.497 e. The van der Waals surface area contributed by atoms with Gasteiger partial charge in [-0.25, -0.2) is 8.78 Å². The van der Waals surface area contributed by atoms with Crippen LogP contribution in [0.4, 0.5) is 14.5 Å². The molecule has 0 saturated carbocycles. The summed E-state index contributed by atoms with van der Waals surface area (Å²) in [7, 11) is 1.49. The van der Waals surface area contributed by atoms with E-state index in [4.69, 9.17) is 9.47 Å². The molecule has 0 aromatic heterocycles. The van der Waals surface area contributed by atoms with Crippen LogP contribution in [0.15, 0.2) is 42.5 Å². The minimum atomic E-state index is -1.12. The fourth-order valence-corrected chi connectivity index (χ4v) is 1.96. The van der Waals surface area contributed by atoms with Gasteiger partial charge in [0.15, 0.2) is 18.2 Å². The molecule has 7 nitrogen and oxygen atoms in total. The number of hydrogen-bond donors (Lipinski definition) is 2. The van der Waals surface area contributed by atoms with Gasteiger partial charge in [-0.1, -0.05) is 0 Å². The lowest BCUT2D eigenvalue weighted by atomic mass is 10.2. The number of halogens is 2. The summed E-state index contributed by atoms with van der Waals surface area (Å²) in [6.07, 6.45) is 0. The number of hydrogen-bond acceptors (Lipinski definition) is 5. The van der Waals surface area contributed by atoms with Crippen LogP contribution in [0.2, 0.25) is 0 Å². The van der Waals surface area contributed by atoms with Crippen molar-refractivity contribution < 1.29 is 32.6 Å². The van der Waals surface area contributed by atoms with Crippen LogP contribution in [0.5, 0.6) is 5.75 Å². The Morgan fingerprint density at radius 2 is 1.70 bits per heavy atom. The zero-order valence-corrected chi connectivity index (χ0v) is 14.3. The molecular weight excluding hydrogens is 362 g/mol. The van der Waals surface area contributed by atoms with Gasteiger partial charge in [-0.15, -0.1) is 0 Å². The molecule has 0 heterocycles. The van der Waals surface area contributed by atoms with Crippen molar-refractivity contribution in [2.75, 3.05) is 25.6 Å². The van der Waals surface area contributed by atoms with Crippen LogP contribution in [0.25, 0.3) is 0 Å². The molecule has 0 aliphatic carbocycles. The zero-order valence-electron chi connectivity index (χ0n) is 14.3. The van der Waals surface area contributed by atoms with Crippen LogP contribution >= 0.6 is 0 Å². The predicted molar refractivity (Wildman–Crippen MR) is 91.3 cm³/mol. The molecule has 0 unspecified atom stereocenters. The molecule has 0 spiro atoms. The Morgan fingerprint density at radius 3 is 2.33 bits per heavy atom. The second kappa shape index (κ2) is 9.27. The van der Waals surface area contributed by atoms with E-state index in [0.717, 1.165) is 18.2 Å². The van der Waals surface area contributed by atoms with Gasteiger partial charge in [0, 0.05) is 17.3 Å². The molecule has 0 atom stereocenters. The van der Waals surface area contributed by atoms with E-state index in [1.165, 1.54) is 19.2 Å². The summed E-state index contributed by atoms with van der Waals surface area (Å²) < 4.78 is 35.5. The van der Waals surface area contributed by atoms with Gasteiger partial charge in [0.25, 0.3) is 11.8 Å². The Bertz CT molecular complexity index is 840. The maximum Gasteiger partial charge on any atom is 0.325 e. The first-order valence-corrected chi connectivity index (χ1v) is 7.72. The highest BCUT2D eigenvalue weighted by molar-refractivity contribution is 5.96. The van der Waals surface area contributed by atoms with E-state index in [0.29, 0.717) is 11.3 Å². The van der Waals surface area contributed by atoms with Crippen molar-refractivity contribution >= 4 is 23.5 Å². The second-order valence-corrected chi connectivity index (χ2v) is 5.25. The van der Waals surface area contributed by atoms with Crippen molar-refractivity contribution in [2.45, 2.75) is 0 Å². The van der Waals surface area contributed by atoms with Gasteiger partial charge in [0.2, 0.25) is 0 Å². The largest absolute Gasteiger partial charge is 0.497 e. The normalized spacial score (nSPS) is 10.0. The molecule has 2 aromatic carbocycles. The third-order valence-corrected chi connectivity index (χ3v) is 3.31. The summed E-state index contributed by atoms with van der Waals surface area (Å²) in [5.41, 5.74) is 0.336. The number of ether oxygens (including phenoxy) is 2. The monoisotopic (exact) mass is 378 g/mol. The van der Waals surface area contributed by atoms with Crippen LogP contribution in [0, 0.1) is 11.6 Å². The number of methoxy groups -OCH3 is 1. The van der Waals surface area contributed by atoms with Gasteiger partial charge in [-0.05, 0) is 36.4 Å². The molecule has 0 bridgehead atoms. The fraction of sp³-hybridized carbons (Fsp3) is 0.167. The quantitative estimate of drug-likeness (QED) is 0.718. The highest BCUT2D eigenvalue weighted by Gasteiger charge is 2.12. The summed E-state index contributed by atoms with van der Waals surface area (Å²) in [4.78, 5) is 35.1. The van der Waals surface area contributed by atoms with Crippen LogP contribution in [0.3, 0.4) is 0 Å². The van der Waals surface area contributed by atoms with Gasteiger partial charge >= 0.3 is 5.97 Å². The second-order valence-electron chi connectivity index (χ2n) is 5.25.